The molecule has 0 radical (unpaired) electrons. The number of nitrogens with one attached hydrogen (secondary N) is 2. The molecule has 0 bridgehead atoms. The van der Waals surface area contributed by atoms with Crippen molar-refractivity contribution in [1.29, 1.82) is 0 Å². The largest absolute Gasteiger partial charge is 0.465 e. The Hall–Kier alpha value is -5.39. The van der Waals surface area contributed by atoms with Crippen LogP contribution in [0, 0.1) is 0 Å². The average Bonchev–Trinajstić information content (AvgIpc) is 4.03. The van der Waals surface area contributed by atoms with Crippen LogP contribution in [0.3, 0.4) is 0 Å². The molecule has 4 aliphatic rings. The summed E-state index contributed by atoms with van der Waals surface area (Å²) in [6.07, 6.45) is 11.2. The summed E-state index contributed by atoms with van der Waals surface area (Å²) in [5.74, 6) is -0.355. The van der Waals surface area contributed by atoms with Crippen LogP contribution in [0.5, 0.6) is 0 Å². The van der Waals surface area contributed by atoms with Gasteiger partial charge in [-0.15, -0.1) is 10.2 Å². The Morgan fingerprint density at radius 3 is 1.52 bits per heavy atom. The summed E-state index contributed by atoms with van der Waals surface area (Å²) in [5, 5.41) is 31.8. The van der Waals surface area contributed by atoms with Gasteiger partial charge in [0.1, 0.15) is 17.9 Å². The van der Waals surface area contributed by atoms with Gasteiger partial charge in [0.05, 0.1) is 56.3 Å². The molecule has 8 rings (SSSR count). The molecule has 2 saturated carbocycles. The van der Waals surface area contributed by atoms with Crippen LogP contribution in [0.25, 0.3) is 0 Å². The molecule has 2 aliphatic heterocycles. The number of hydrogen-bond acceptors (Lipinski definition) is 11. The number of hydrogen-bond donors (Lipinski definition) is 3. The maximum atomic E-state index is 12.8. The normalized spacial score (nSPS) is 26.2. The van der Waals surface area contributed by atoms with E-state index in [1.165, 1.54) is 15.8 Å². The third-order valence-electron chi connectivity index (χ3n) is 13.5. The number of aliphatic hydroxyl groups is 1. The monoisotopic (exact) mass is 838 g/mol. The van der Waals surface area contributed by atoms with E-state index >= 15 is 0 Å². The zero-order valence-corrected chi connectivity index (χ0v) is 36.3. The Bertz CT molecular complexity index is 2090. The molecule has 328 valence electrons. The SMILES string of the molecule is CCOC(=O)Cn1cc(CN2CC3(CCC(c4ccccc4)(N(C)C)CC3)NC2=O)nn1.CN(C)C1(c2ccccc2)CCC2(CC1)CN(Cc1cn(CCO)nn1)C(=O)N2. The lowest BCUT2D eigenvalue weighted by molar-refractivity contribution is -0.144. The predicted octanol–water partition coefficient (Wildman–Crippen LogP) is 3.70. The van der Waals surface area contributed by atoms with Crippen molar-refractivity contribution < 1.29 is 24.2 Å². The highest BCUT2D eigenvalue weighted by Gasteiger charge is 2.51. The van der Waals surface area contributed by atoms with E-state index in [0.29, 0.717) is 45.0 Å². The molecule has 2 aromatic carbocycles. The molecule has 17 nitrogen and oxygen atoms in total. The van der Waals surface area contributed by atoms with E-state index in [2.05, 4.69) is 130 Å². The number of nitrogens with zero attached hydrogens (tertiary/aromatic N) is 10. The number of aromatic nitrogens is 6. The first kappa shape index (κ1) is 43.7. The van der Waals surface area contributed by atoms with Gasteiger partial charge in [0, 0.05) is 24.2 Å². The second-order valence-corrected chi connectivity index (χ2v) is 17.6. The van der Waals surface area contributed by atoms with Crippen molar-refractivity contribution in [2.24, 2.45) is 0 Å². The van der Waals surface area contributed by atoms with Gasteiger partial charge in [0.15, 0.2) is 0 Å². The van der Waals surface area contributed by atoms with Crippen molar-refractivity contribution in [2.75, 3.05) is 54.5 Å². The van der Waals surface area contributed by atoms with Gasteiger partial charge >= 0.3 is 18.0 Å². The van der Waals surface area contributed by atoms with Gasteiger partial charge in [-0.25, -0.2) is 19.0 Å². The summed E-state index contributed by atoms with van der Waals surface area (Å²) in [6, 6.07) is 21.3. The molecule has 2 aliphatic carbocycles. The van der Waals surface area contributed by atoms with Crippen molar-refractivity contribution in [2.45, 2.75) is 107 Å². The van der Waals surface area contributed by atoms with E-state index in [9.17, 15) is 14.4 Å². The molecule has 4 amide bonds. The van der Waals surface area contributed by atoms with Crippen LogP contribution in [0.15, 0.2) is 73.1 Å². The molecule has 17 heteroatoms. The van der Waals surface area contributed by atoms with Crippen LogP contribution in [-0.2, 0) is 46.8 Å². The van der Waals surface area contributed by atoms with E-state index in [4.69, 9.17) is 9.84 Å². The van der Waals surface area contributed by atoms with E-state index in [-0.39, 0.29) is 53.3 Å². The molecular weight excluding hydrogens is 777 g/mol. The molecule has 2 aromatic heterocycles. The van der Waals surface area contributed by atoms with E-state index in [1.807, 2.05) is 4.90 Å². The van der Waals surface area contributed by atoms with Crippen molar-refractivity contribution in [3.8, 4) is 0 Å². The van der Waals surface area contributed by atoms with E-state index in [0.717, 1.165) is 57.1 Å². The molecule has 2 saturated heterocycles. The topological polar surface area (TPSA) is 179 Å². The molecule has 4 fully saturated rings. The van der Waals surface area contributed by atoms with Crippen molar-refractivity contribution >= 4 is 18.0 Å². The third-order valence-corrected chi connectivity index (χ3v) is 13.5. The second-order valence-electron chi connectivity index (χ2n) is 17.6. The summed E-state index contributed by atoms with van der Waals surface area (Å²) in [4.78, 5) is 45.3. The fraction of sp³-hybridized carbons (Fsp3) is 0.568. The molecule has 3 N–H and O–H groups in total. The van der Waals surface area contributed by atoms with E-state index in [1.54, 1.807) is 28.9 Å². The van der Waals surface area contributed by atoms with Crippen molar-refractivity contribution in [3.63, 3.8) is 0 Å². The number of carbonyl (C=O) groups excluding carboxylic acids is 3. The minimum Gasteiger partial charge on any atom is -0.465 e. The zero-order valence-electron chi connectivity index (χ0n) is 36.3. The first-order valence-corrected chi connectivity index (χ1v) is 21.5. The Kier molecular flexibility index (Phi) is 13.1. The lowest BCUT2D eigenvalue weighted by Crippen LogP contribution is -2.54. The van der Waals surface area contributed by atoms with Crippen LogP contribution in [-0.4, -0.2) is 138 Å². The van der Waals surface area contributed by atoms with E-state index < -0.39 is 0 Å². The summed E-state index contributed by atoms with van der Waals surface area (Å²) in [5.41, 5.74) is 3.69. The zero-order chi connectivity index (χ0) is 43.3. The number of ether oxygens (including phenoxy) is 1. The van der Waals surface area contributed by atoms with Gasteiger partial charge < -0.3 is 30.3 Å². The maximum absolute atomic E-state index is 12.8. The van der Waals surface area contributed by atoms with Crippen molar-refractivity contribution in [3.05, 3.63) is 95.6 Å². The van der Waals surface area contributed by atoms with Crippen LogP contribution < -0.4 is 10.6 Å². The van der Waals surface area contributed by atoms with Crippen LogP contribution in [0.2, 0.25) is 0 Å². The molecule has 4 heterocycles. The fourth-order valence-corrected chi connectivity index (χ4v) is 10.00. The number of aliphatic hydroxyl groups excluding tert-OH is 1. The minimum absolute atomic E-state index is 0.0116. The Morgan fingerprint density at radius 1 is 0.689 bits per heavy atom. The number of benzene rings is 2. The maximum Gasteiger partial charge on any atom is 0.327 e. The summed E-state index contributed by atoms with van der Waals surface area (Å²) in [7, 11) is 8.59. The highest BCUT2D eigenvalue weighted by atomic mass is 16.5. The fourth-order valence-electron chi connectivity index (χ4n) is 10.00. The van der Waals surface area contributed by atoms with Gasteiger partial charge in [0.25, 0.3) is 0 Å². The van der Waals surface area contributed by atoms with Gasteiger partial charge in [0.2, 0.25) is 0 Å². The number of esters is 1. The van der Waals surface area contributed by atoms with Gasteiger partial charge in [-0.05, 0) is 97.6 Å². The molecular formula is C44H62N12O5. The van der Waals surface area contributed by atoms with Gasteiger partial charge in [-0.3, -0.25) is 14.6 Å². The molecule has 0 atom stereocenters. The Balaban J connectivity index is 0.000000185. The first-order valence-electron chi connectivity index (χ1n) is 21.5. The molecule has 61 heavy (non-hydrogen) atoms. The lowest BCUT2D eigenvalue weighted by Gasteiger charge is -2.48. The Morgan fingerprint density at radius 2 is 1.11 bits per heavy atom. The molecule has 4 aromatic rings. The summed E-state index contributed by atoms with van der Waals surface area (Å²) < 4.78 is 7.99. The number of amides is 4. The quantitative estimate of drug-likeness (QED) is 0.167. The minimum atomic E-state index is -0.355. The number of urea groups is 2. The molecule has 0 unspecified atom stereocenters. The van der Waals surface area contributed by atoms with Gasteiger partial charge in [-0.1, -0.05) is 71.1 Å². The summed E-state index contributed by atoms with van der Waals surface area (Å²) >= 11 is 0. The summed E-state index contributed by atoms with van der Waals surface area (Å²) in [6.45, 7) is 4.69. The standard InChI is InChI=1S/C23H32N6O3.C21H30N6O2/c1-4-32-20(30)16-29-15-19(25-26-29)14-28-17-22(24-21(28)31)10-12-23(13-11-22,27(2)3)18-8-6-5-7-9-18;1-25(2)21(17-6-4-3-5-7-17)10-8-20(9-11-21)16-26(19(29)22-20)14-18-15-27(12-13-28)24-23-18/h5-9,15H,4,10-14,16-17H2,1-3H3,(H,24,31);3-7,15,28H,8-14,16H2,1-2H3,(H,22,29). The van der Waals surface area contributed by atoms with Crippen LogP contribution in [0.1, 0.15) is 80.8 Å². The highest BCUT2D eigenvalue weighted by molar-refractivity contribution is 5.78. The number of rotatable bonds is 13. The smallest absolute Gasteiger partial charge is 0.327 e. The van der Waals surface area contributed by atoms with Crippen LogP contribution in [0.4, 0.5) is 9.59 Å². The first-order chi connectivity index (χ1) is 29.3. The molecule has 2 spiro atoms. The highest BCUT2D eigenvalue weighted by Crippen LogP contribution is 2.47. The second kappa shape index (κ2) is 18.3. The van der Waals surface area contributed by atoms with Crippen molar-refractivity contribution in [1.82, 2.24) is 60.2 Å². The average molecular weight is 839 g/mol. The van der Waals surface area contributed by atoms with Gasteiger partial charge in [-0.2, -0.15) is 0 Å². The van der Waals surface area contributed by atoms with Crippen LogP contribution >= 0.6 is 0 Å². The predicted molar refractivity (Wildman–Crippen MR) is 228 cm³/mol. The Labute approximate surface area is 358 Å². The number of carbonyl (C=O) groups is 3. The lowest BCUT2D eigenvalue weighted by atomic mass is 9.69. The third kappa shape index (κ3) is 9.43.